The van der Waals surface area contributed by atoms with Crippen LogP contribution in [0.1, 0.15) is 20.8 Å². The maximum atomic E-state index is 11.4. The van der Waals surface area contributed by atoms with Gasteiger partial charge >= 0.3 is 5.97 Å². The first-order valence-electron chi connectivity index (χ1n) is 4.64. The second-order valence-electron chi connectivity index (χ2n) is 4.21. The largest absolute Gasteiger partial charge is 0.480 e. The molecule has 1 amide bonds. The lowest BCUT2D eigenvalue weighted by Crippen LogP contribution is -2.47. The van der Waals surface area contributed by atoms with E-state index in [1.807, 2.05) is 0 Å². The number of thiol groups is 1. The SMILES string of the molecule is CC(C)(C)C(=O)NCN[C@@H](CS)C(=O)O. The van der Waals surface area contributed by atoms with Crippen LogP contribution in [0.15, 0.2) is 0 Å². The first-order valence-corrected chi connectivity index (χ1v) is 5.27. The second-order valence-corrected chi connectivity index (χ2v) is 4.58. The highest BCUT2D eigenvalue weighted by Crippen LogP contribution is 2.11. The molecule has 0 aliphatic carbocycles. The van der Waals surface area contributed by atoms with Crippen LogP contribution in [0.25, 0.3) is 0 Å². The van der Waals surface area contributed by atoms with E-state index < -0.39 is 17.4 Å². The molecule has 0 radical (unpaired) electrons. The molecule has 0 saturated heterocycles. The van der Waals surface area contributed by atoms with Crippen molar-refractivity contribution in [1.29, 1.82) is 0 Å². The third-order valence-electron chi connectivity index (χ3n) is 1.76. The van der Waals surface area contributed by atoms with E-state index >= 15 is 0 Å². The number of hydrogen-bond donors (Lipinski definition) is 4. The third-order valence-corrected chi connectivity index (χ3v) is 2.12. The summed E-state index contributed by atoms with van der Waals surface area (Å²) < 4.78 is 0. The van der Waals surface area contributed by atoms with Crippen molar-refractivity contribution < 1.29 is 14.7 Å². The maximum Gasteiger partial charge on any atom is 0.321 e. The molecular formula is C9H18N2O3S. The van der Waals surface area contributed by atoms with Gasteiger partial charge in [0.05, 0.1) is 6.67 Å². The predicted octanol–water partition coefficient (Wildman–Crippen LogP) is 0.0788. The van der Waals surface area contributed by atoms with E-state index in [4.69, 9.17) is 5.11 Å². The molecule has 5 nitrogen and oxygen atoms in total. The highest BCUT2D eigenvalue weighted by molar-refractivity contribution is 7.80. The Morgan fingerprint density at radius 3 is 2.27 bits per heavy atom. The summed E-state index contributed by atoms with van der Waals surface area (Å²) in [4.78, 5) is 22.0. The molecule has 0 aromatic heterocycles. The van der Waals surface area contributed by atoms with Crippen molar-refractivity contribution in [2.45, 2.75) is 26.8 Å². The highest BCUT2D eigenvalue weighted by atomic mass is 32.1. The molecule has 88 valence electrons. The standard InChI is InChI=1S/C9H18N2O3S/c1-9(2,3)8(14)11-5-10-6(4-15)7(12)13/h6,10,15H,4-5H2,1-3H3,(H,11,14)(H,12,13)/t6-/m0/s1. The van der Waals surface area contributed by atoms with Crippen LogP contribution in [0.3, 0.4) is 0 Å². The van der Waals surface area contributed by atoms with Gasteiger partial charge in [0.1, 0.15) is 6.04 Å². The number of rotatable bonds is 5. The van der Waals surface area contributed by atoms with Crippen LogP contribution in [0, 0.1) is 5.41 Å². The minimum absolute atomic E-state index is 0.127. The van der Waals surface area contributed by atoms with Crippen LogP contribution in [-0.2, 0) is 9.59 Å². The smallest absolute Gasteiger partial charge is 0.321 e. The van der Waals surface area contributed by atoms with Crippen molar-refractivity contribution in [3.05, 3.63) is 0 Å². The number of carboxylic acids is 1. The summed E-state index contributed by atoms with van der Waals surface area (Å²) >= 11 is 3.88. The van der Waals surface area contributed by atoms with Crippen molar-refractivity contribution >= 4 is 24.5 Å². The lowest BCUT2D eigenvalue weighted by Gasteiger charge is -2.19. The molecule has 15 heavy (non-hydrogen) atoms. The van der Waals surface area contributed by atoms with Crippen LogP contribution in [-0.4, -0.2) is 35.4 Å². The number of aliphatic carboxylic acids is 1. The summed E-state index contributed by atoms with van der Waals surface area (Å²) in [6, 6.07) is -0.742. The number of carboxylic acid groups (broad SMARTS) is 1. The fourth-order valence-electron chi connectivity index (χ4n) is 0.750. The molecule has 0 bridgehead atoms. The average Bonchev–Trinajstić information content (AvgIpc) is 2.09. The van der Waals surface area contributed by atoms with Crippen LogP contribution in [0.2, 0.25) is 0 Å². The zero-order valence-electron chi connectivity index (χ0n) is 9.20. The Morgan fingerprint density at radius 2 is 1.93 bits per heavy atom. The Bertz CT molecular complexity index is 238. The maximum absolute atomic E-state index is 11.4. The van der Waals surface area contributed by atoms with Crippen molar-refractivity contribution in [3.8, 4) is 0 Å². The summed E-state index contributed by atoms with van der Waals surface area (Å²) in [5.74, 6) is -0.922. The van der Waals surface area contributed by atoms with Gasteiger partial charge in [0.15, 0.2) is 0 Å². The third kappa shape index (κ3) is 5.64. The summed E-state index contributed by atoms with van der Waals surface area (Å²) in [6.07, 6.45) is 0. The molecule has 0 spiro atoms. The minimum atomic E-state index is -0.977. The van der Waals surface area contributed by atoms with Gasteiger partial charge in [-0.25, -0.2) is 0 Å². The summed E-state index contributed by atoms with van der Waals surface area (Å²) in [5, 5.41) is 13.9. The monoisotopic (exact) mass is 234 g/mol. The van der Waals surface area contributed by atoms with Gasteiger partial charge < -0.3 is 10.4 Å². The molecule has 0 rings (SSSR count). The lowest BCUT2D eigenvalue weighted by atomic mass is 9.96. The Hall–Kier alpha value is -0.750. The van der Waals surface area contributed by atoms with Crippen molar-refractivity contribution in [3.63, 3.8) is 0 Å². The predicted molar refractivity (Wildman–Crippen MR) is 60.9 cm³/mol. The normalized spacial score (nSPS) is 13.3. The molecule has 6 heteroatoms. The van der Waals surface area contributed by atoms with E-state index in [1.54, 1.807) is 20.8 Å². The number of amides is 1. The summed E-state index contributed by atoms with van der Waals surface area (Å²) in [7, 11) is 0. The van der Waals surface area contributed by atoms with Gasteiger partial charge in [-0.2, -0.15) is 12.6 Å². The molecule has 0 unspecified atom stereocenters. The van der Waals surface area contributed by atoms with Crippen molar-refractivity contribution in [2.75, 3.05) is 12.4 Å². The summed E-state index contributed by atoms with van der Waals surface area (Å²) in [5.41, 5.74) is -0.471. The Balaban J connectivity index is 3.89. The van der Waals surface area contributed by atoms with Crippen molar-refractivity contribution in [2.24, 2.45) is 5.41 Å². The minimum Gasteiger partial charge on any atom is -0.480 e. The quantitative estimate of drug-likeness (QED) is 0.401. The van der Waals surface area contributed by atoms with Gasteiger partial charge in [-0.1, -0.05) is 20.8 Å². The molecule has 0 fully saturated rings. The van der Waals surface area contributed by atoms with Crippen LogP contribution in [0.5, 0.6) is 0 Å². The number of hydrogen-bond acceptors (Lipinski definition) is 4. The molecule has 0 aliphatic rings. The van der Waals surface area contributed by atoms with E-state index in [0.29, 0.717) is 0 Å². The van der Waals surface area contributed by atoms with E-state index in [0.717, 1.165) is 0 Å². The van der Waals surface area contributed by atoms with Gasteiger partial charge in [-0.3, -0.25) is 14.9 Å². The van der Waals surface area contributed by atoms with Gasteiger partial charge in [0.2, 0.25) is 5.91 Å². The summed E-state index contributed by atoms with van der Waals surface area (Å²) in [6.45, 7) is 5.49. The van der Waals surface area contributed by atoms with E-state index in [1.165, 1.54) is 0 Å². The molecule has 0 aromatic rings. The fraction of sp³-hybridized carbons (Fsp3) is 0.778. The van der Waals surface area contributed by atoms with Gasteiger partial charge in [-0.15, -0.1) is 0 Å². The Kier molecular flexibility index (Phi) is 5.67. The molecule has 0 aromatic carbocycles. The van der Waals surface area contributed by atoms with Gasteiger partial charge in [0.25, 0.3) is 0 Å². The topological polar surface area (TPSA) is 78.4 Å². The van der Waals surface area contributed by atoms with Crippen LogP contribution in [0.4, 0.5) is 0 Å². The molecule has 1 atom stereocenters. The second kappa shape index (κ2) is 5.97. The van der Waals surface area contributed by atoms with E-state index in [2.05, 4.69) is 23.3 Å². The molecule has 3 N–H and O–H groups in total. The van der Waals surface area contributed by atoms with Gasteiger partial charge in [-0.05, 0) is 0 Å². The zero-order valence-corrected chi connectivity index (χ0v) is 10.1. The number of carbonyl (C=O) groups is 2. The Labute approximate surface area is 95.0 Å². The van der Waals surface area contributed by atoms with Crippen molar-refractivity contribution in [1.82, 2.24) is 10.6 Å². The number of carbonyl (C=O) groups excluding carboxylic acids is 1. The molecule has 0 heterocycles. The molecule has 0 aliphatic heterocycles. The fourth-order valence-corrected chi connectivity index (χ4v) is 1.03. The molecular weight excluding hydrogens is 216 g/mol. The number of nitrogens with one attached hydrogen (secondary N) is 2. The lowest BCUT2D eigenvalue weighted by molar-refractivity contribution is -0.139. The van der Waals surface area contributed by atoms with Crippen LogP contribution < -0.4 is 10.6 Å². The van der Waals surface area contributed by atoms with Crippen LogP contribution >= 0.6 is 12.6 Å². The molecule has 0 saturated carbocycles. The Morgan fingerprint density at radius 1 is 1.40 bits per heavy atom. The van der Waals surface area contributed by atoms with Gasteiger partial charge in [0, 0.05) is 11.2 Å². The first kappa shape index (κ1) is 14.2. The van der Waals surface area contributed by atoms with E-state index in [-0.39, 0.29) is 18.3 Å². The average molecular weight is 234 g/mol. The first-order chi connectivity index (χ1) is 6.79. The zero-order chi connectivity index (χ0) is 12.1. The highest BCUT2D eigenvalue weighted by Gasteiger charge is 2.21. The van der Waals surface area contributed by atoms with E-state index in [9.17, 15) is 9.59 Å².